The first-order valence-corrected chi connectivity index (χ1v) is 4.88. The predicted octanol–water partition coefficient (Wildman–Crippen LogP) is 3.48. The summed E-state index contributed by atoms with van der Waals surface area (Å²) < 4.78 is 58.2. The molecule has 0 bridgehead atoms. The van der Waals surface area contributed by atoms with Gasteiger partial charge in [-0.05, 0) is 18.9 Å². The van der Waals surface area contributed by atoms with Crippen LogP contribution in [0.1, 0.15) is 18.4 Å². The Morgan fingerprint density at radius 1 is 1.19 bits per heavy atom. The van der Waals surface area contributed by atoms with E-state index in [1.54, 1.807) is 0 Å². The molecule has 0 spiro atoms. The Hall–Kier alpha value is -1.26. The molecule has 0 amide bonds. The maximum atomic E-state index is 13.6. The van der Waals surface area contributed by atoms with E-state index in [2.05, 4.69) is 4.74 Å². The number of alkyl halides is 2. The van der Waals surface area contributed by atoms with Gasteiger partial charge in [0.25, 0.3) is 5.92 Å². The van der Waals surface area contributed by atoms with Crippen molar-refractivity contribution in [3.05, 3.63) is 29.3 Å². The Morgan fingerprint density at radius 3 is 2.31 bits per heavy atom. The summed E-state index contributed by atoms with van der Waals surface area (Å²) in [6.07, 6.45) is 0.695. The third-order valence-corrected chi connectivity index (χ3v) is 2.69. The molecule has 1 aliphatic rings. The highest BCUT2D eigenvalue weighted by atomic mass is 19.3. The van der Waals surface area contributed by atoms with Gasteiger partial charge in [-0.1, -0.05) is 0 Å². The number of methoxy groups -OCH3 is 1. The lowest BCUT2D eigenvalue weighted by atomic mass is 10.0. The summed E-state index contributed by atoms with van der Waals surface area (Å²) >= 11 is 0. The first-order valence-electron chi connectivity index (χ1n) is 4.88. The Balaban J connectivity index is 2.45. The molecular formula is C11H10F4O. The Kier molecular flexibility index (Phi) is 2.56. The lowest BCUT2D eigenvalue weighted by Crippen LogP contribution is -2.18. The van der Waals surface area contributed by atoms with E-state index in [1.165, 1.54) is 0 Å². The molecule has 0 radical (unpaired) electrons. The monoisotopic (exact) mass is 234 g/mol. The molecule has 0 unspecified atom stereocenters. The molecule has 88 valence electrons. The fraction of sp³-hybridized carbons (Fsp3) is 0.455. The van der Waals surface area contributed by atoms with E-state index in [-0.39, 0.29) is 5.75 Å². The summed E-state index contributed by atoms with van der Waals surface area (Å²) in [5, 5.41) is 0. The number of rotatable bonds is 3. The van der Waals surface area contributed by atoms with E-state index in [1.807, 2.05) is 0 Å². The van der Waals surface area contributed by atoms with E-state index in [0.29, 0.717) is 25.0 Å². The molecular weight excluding hydrogens is 224 g/mol. The Bertz CT molecular complexity index is 413. The molecule has 0 atom stereocenters. The zero-order valence-corrected chi connectivity index (χ0v) is 8.57. The molecule has 1 nitrogen and oxygen atoms in total. The maximum absolute atomic E-state index is 13.6. The molecule has 0 aliphatic heterocycles. The highest BCUT2D eigenvalue weighted by Crippen LogP contribution is 2.50. The molecule has 0 saturated heterocycles. The Morgan fingerprint density at radius 2 is 1.81 bits per heavy atom. The highest BCUT2D eigenvalue weighted by Gasteiger charge is 2.49. The van der Waals surface area contributed by atoms with Gasteiger partial charge in [0.15, 0.2) is 11.6 Å². The molecule has 5 heteroatoms. The van der Waals surface area contributed by atoms with Gasteiger partial charge < -0.3 is 4.74 Å². The van der Waals surface area contributed by atoms with E-state index in [0.717, 1.165) is 7.11 Å². The van der Waals surface area contributed by atoms with Gasteiger partial charge in [0.05, 0.1) is 12.7 Å². The van der Waals surface area contributed by atoms with Crippen molar-refractivity contribution in [3.63, 3.8) is 0 Å². The minimum Gasteiger partial charge on any atom is -0.494 e. The van der Waals surface area contributed by atoms with Crippen LogP contribution in [0, 0.1) is 17.6 Å². The number of hydrogen-bond donors (Lipinski definition) is 0. The Labute approximate surface area is 90.0 Å². The topological polar surface area (TPSA) is 9.23 Å². The van der Waals surface area contributed by atoms with Crippen molar-refractivity contribution in [2.75, 3.05) is 7.11 Å². The summed E-state index contributed by atoms with van der Waals surface area (Å²) in [6, 6.07) is 1.17. The zero-order valence-electron chi connectivity index (χ0n) is 8.57. The maximum Gasteiger partial charge on any atom is 0.278 e. The number of ether oxygens (including phenoxy) is 1. The van der Waals surface area contributed by atoms with Crippen LogP contribution in [-0.2, 0) is 5.92 Å². The fourth-order valence-corrected chi connectivity index (χ4v) is 1.61. The molecule has 1 saturated carbocycles. The number of hydrogen-bond acceptors (Lipinski definition) is 1. The van der Waals surface area contributed by atoms with Crippen LogP contribution < -0.4 is 4.74 Å². The van der Waals surface area contributed by atoms with Gasteiger partial charge in [-0.25, -0.2) is 17.6 Å². The molecule has 2 rings (SSSR count). The molecule has 0 aromatic heterocycles. The largest absolute Gasteiger partial charge is 0.494 e. The first kappa shape index (κ1) is 11.2. The predicted molar refractivity (Wildman–Crippen MR) is 49.5 cm³/mol. The van der Waals surface area contributed by atoms with Crippen LogP contribution in [0.5, 0.6) is 5.75 Å². The van der Waals surface area contributed by atoms with Crippen molar-refractivity contribution in [3.8, 4) is 5.75 Å². The normalized spacial score (nSPS) is 16.3. The van der Waals surface area contributed by atoms with E-state index >= 15 is 0 Å². The third-order valence-electron chi connectivity index (χ3n) is 2.69. The highest BCUT2D eigenvalue weighted by molar-refractivity contribution is 5.34. The van der Waals surface area contributed by atoms with Crippen LogP contribution in [0.25, 0.3) is 0 Å². The summed E-state index contributed by atoms with van der Waals surface area (Å²) in [6.45, 7) is 0. The molecule has 16 heavy (non-hydrogen) atoms. The van der Waals surface area contributed by atoms with Gasteiger partial charge in [0.1, 0.15) is 5.82 Å². The van der Waals surface area contributed by atoms with Gasteiger partial charge in [-0.15, -0.1) is 0 Å². The van der Waals surface area contributed by atoms with E-state index in [4.69, 9.17) is 0 Å². The molecule has 1 aromatic carbocycles. The van der Waals surface area contributed by atoms with Gasteiger partial charge in [-0.2, -0.15) is 0 Å². The second kappa shape index (κ2) is 3.64. The summed E-state index contributed by atoms with van der Waals surface area (Å²) in [5.41, 5.74) is -0.881. The standard InChI is InChI=1S/C11H10F4O/c1-16-10-5-8(12)7(4-9(10)13)11(14,15)6-2-3-6/h4-6H,2-3H2,1H3. The van der Waals surface area contributed by atoms with E-state index in [9.17, 15) is 17.6 Å². The third kappa shape index (κ3) is 1.74. The second-order valence-corrected chi connectivity index (χ2v) is 3.86. The van der Waals surface area contributed by atoms with Crippen LogP contribution in [0.2, 0.25) is 0 Å². The number of benzene rings is 1. The van der Waals surface area contributed by atoms with Crippen molar-refractivity contribution >= 4 is 0 Å². The van der Waals surface area contributed by atoms with Gasteiger partial charge in [0.2, 0.25) is 0 Å². The van der Waals surface area contributed by atoms with Crippen LogP contribution >= 0.6 is 0 Å². The smallest absolute Gasteiger partial charge is 0.278 e. The zero-order chi connectivity index (χ0) is 11.9. The molecule has 0 heterocycles. The second-order valence-electron chi connectivity index (χ2n) is 3.86. The van der Waals surface area contributed by atoms with Gasteiger partial charge in [-0.3, -0.25) is 0 Å². The lowest BCUT2D eigenvalue weighted by molar-refractivity contribution is -0.0321. The number of halogens is 4. The van der Waals surface area contributed by atoms with Crippen molar-refractivity contribution in [1.29, 1.82) is 0 Å². The van der Waals surface area contributed by atoms with Gasteiger partial charge >= 0.3 is 0 Å². The average molecular weight is 234 g/mol. The summed E-state index contributed by atoms with van der Waals surface area (Å²) in [4.78, 5) is 0. The van der Waals surface area contributed by atoms with Crippen LogP contribution in [0.4, 0.5) is 17.6 Å². The first-order chi connectivity index (χ1) is 7.46. The van der Waals surface area contributed by atoms with Crippen molar-refractivity contribution < 1.29 is 22.3 Å². The fourth-order valence-electron chi connectivity index (χ4n) is 1.61. The van der Waals surface area contributed by atoms with Gasteiger partial charge in [0, 0.05) is 12.0 Å². The quantitative estimate of drug-likeness (QED) is 0.727. The van der Waals surface area contributed by atoms with Crippen molar-refractivity contribution in [2.45, 2.75) is 18.8 Å². The minimum atomic E-state index is -3.29. The summed E-state index contributed by atoms with van der Waals surface area (Å²) in [7, 11) is 1.15. The molecule has 1 aliphatic carbocycles. The summed E-state index contributed by atoms with van der Waals surface area (Å²) in [5.74, 6) is -6.63. The van der Waals surface area contributed by atoms with Crippen molar-refractivity contribution in [2.24, 2.45) is 5.92 Å². The minimum absolute atomic E-state index is 0.347. The van der Waals surface area contributed by atoms with Crippen LogP contribution in [-0.4, -0.2) is 7.11 Å². The van der Waals surface area contributed by atoms with Crippen LogP contribution in [0.15, 0.2) is 12.1 Å². The van der Waals surface area contributed by atoms with E-state index < -0.39 is 29.0 Å². The van der Waals surface area contributed by atoms with Crippen LogP contribution in [0.3, 0.4) is 0 Å². The molecule has 1 aromatic rings. The van der Waals surface area contributed by atoms with Crippen molar-refractivity contribution in [1.82, 2.24) is 0 Å². The molecule has 0 N–H and O–H groups in total. The average Bonchev–Trinajstić information content (AvgIpc) is 3.04. The lowest BCUT2D eigenvalue weighted by Gasteiger charge is -2.17. The SMILES string of the molecule is COc1cc(F)c(C(F)(F)C2CC2)cc1F. The molecule has 1 fully saturated rings.